The summed E-state index contributed by atoms with van der Waals surface area (Å²) in [6.45, 7) is 6.99. The van der Waals surface area contributed by atoms with Crippen molar-refractivity contribution in [2.45, 2.75) is 46.1 Å². The molecule has 0 radical (unpaired) electrons. The van der Waals surface area contributed by atoms with Gasteiger partial charge in [0.05, 0.1) is 6.10 Å². The Morgan fingerprint density at radius 1 is 0.870 bits per heavy atom. The van der Waals surface area contributed by atoms with Gasteiger partial charge in [-0.15, -0.1) is 0 Å². The highest BCUT2D eigenvalue weighted by molar-refractivity contribution is 6.80. The molecule has 2 aromatic carbocycles. The summed E-state index contributed by atoms with van der Waals surface area (Å²) in [6, 6.07) is 21.7. The predicted octanol–water partition coefficient (Wildman–Crippen LogP) is 3.76. The average molecular weight is 325 g/mol. The number of hydrogen-bond donors (Lipinski definition) is 0. The molecule has 0 bridgehead atoms. The van der Waals surface area contributed by atoms with Crippen LogP contribution < -0.4 is 10.4 Å². The van der Waals surface area contributed by atoms with Crippen LogP contribution in [0.4, 0.5) is 0 Å². The van der Waals surface area contributed by atoms with Gasteiger partial charge in [0.25, 0.3) is 0 Å². The predicted molar refractivity (Wildman–Crippen MR) is 101 cm³/mol. The fraction of sp³-hybridized carbons (Fsp3) is 0.429. The van der Waals surface area contributed by atoms with Crippen LogP contribution in [0.3, 0.4) is 0 Å². The normalized spacial score (nSPS) is 17.0. The highest BCUT2D eigenvalue weighted by Gasteiger charge is 2.38. The van der Waals surface area contributed by atoms with Crippen LogP contribution in [0, 0.1) is 11.3 Å². The molecule has 0 aliphatic heterocycles. The summed E-state index contributed by atoms with van der Waals surface area (Å²) in [5.41, 5.74) is 0.194. The van der Waals surface area contributed by atoms with Gasteiger partial charge in [0.2, 0.25) is 9.04 Å². The quantitative estimate of drug-likeness (QED) is 0.761. The van der Waals surface area contributed by atoms with E-state index in [9.17, 15) is 0 Å². The van der Waals surface area contributed by atoms with Crippen LogP contribution in [0.2, 0.25) is 0 Å². The van der Waals surface area contributed by atoms with Crippen molar-refractivity contribution >= 4 is 19.4 Å². The highest BCUT2D eigenvalue weighted by Crippen LogP contribution is 2.39. The van der Waals surface area contributed by atoms with E-state index in [-0.39, 0.29) is 5.41 Å². The zero-order valence-corrected chi connectivity index (χ0v) is 15.7. The van der Waals surface area contributed by atoms with Crippen molar-refractivity contribution in [2.75, 3.05) is 0 Å². The Balaban J connectivity index is 1.92. The monoisotopic (exact) mass is 324 g/mol. The summed E-state index contributed by atoms with van der Waals surface area (Å²) in [7, 11) is -1.64. The van der Waals surface area contributed by atoms with Gasteiger partial charge < -0.3 is 4.43 Å². The summed E-state index contributed by atoms with van der Waals surface area (Å²) in [5.74, 6) is 0.734. The molecule has 2 heteroatoms. The maximum Gasteiger partial charge on any atom is 0.240 e. The first kappa shape index (κ1) is 16.5. The Morgan fingerprint density at radius 3 is 1.70 bits per heavy atom. The molecule has 0 aromatic heterocycles. The molecule has 0 saturated heterocycles. The second-order valence-corrected chi connectivity index (χ2v) is 10.2. The van der Waals surface area contributed by atoms with Gasteiger partial charge in [-0.3, -0.25) is 0 Å². The maximum absolute atomic E-state index is 6.93. The minimum atomic E-state index is -1.64. The lowest BCUT2D eigenvalue weighted by Gasteiger charge is -2.43. The van der Waals surface area contributed by atoms with Crippen LogP contribution in [-0.4, -0.2) is 15.1 Å². The molecular formula is C21H28OSi. The van der Waals surface area contributed by atoms with Crippen LogP contribution >= 0.6 is 0 Å². The Labute approximate surface area is 142 Å². The molecule has 0 spiro atoms. The summed E-state index contributed by atoms with van der Waals surface area (Å²) in [4.78, 5) is 0. The minimum Gasteiger partial charge on any atom is -0.407 e. The molecule has 0 amide bonds. The Morgan fingerprint density at radius 2 is 1.35 bits per heavy atom. The number of benzene rings is 2. The molecule has 122 valence electrons. The fourth-order valence-corrected chi connectivity index (χ4v) is 6.28. The van der Waals surface area contributed by atoms with E-state index >= 15 is 0 Å². The van der Waals surface area contributed by atoms with Gasteiger partial charge in [0.15, 0.2) is 0 Å². The van der Waals surface area contributed by atoms with Crippen LogP contribution in [0.15, 0.2) is 60.7 Å². The van der Waals surface area contributed by atoms with E-state index in [1.165, 1.54) is 29.6 Å². The minimum absolute atomic E-state index is 0.194. The van der Waals surface area contributed by atoms with E-state index in [0.717, 1.165) is 5.92 Å². The molecule has 1 saturated carbocycles. The zero-order valence-electron chi connectivity index (χ0n) is 14.5. The van der Waals surface area contributed by atoms with E-state index in [4.69, 9.17) is 4.43 Å². The highest BCUT2D eigenvalue weighted by atomic mass is 28.3. The lowest BCUT2D eigenvalue weighted by atomic mass is 9.72. The Kier molecular flexibility index (Phi) is 5.03. The molecule has 1 nitrogen and oxygen atoms in total. The topological polar surface area (TPSA) is 9.23 Å². The summed E-state index contributed by atoms with van der Waals surface area (Å²) in [5, 5.41) is 2.76. The molecule has 0 heterocycles. The largest absolute Gasteiger partial charge is 0.407 e. The molecule has 1 fully saturated rings. The number of rotatable bonds is 5. The first-order chi connectivity index (χ1) is 11.1. The smallest absolute Gasteiger partial charge is 0.240 e. The lowest BCUT2D eigenvalue weighted by molar-refractivity contribution is 0.00265. The van der Waals surface area contributed by atoms with E-state index in [1.807, 2.05) is 0 Å². The van der Waals surface area contributed by atoms with E-state index < -0.39 is 9.04 Å². The molecule has 1 atom stereocenters. The SMILES string of the molecule is CC(C)(C)C(O[SiH](c1ccccc1)c1ccccc1)C1CCC1. The van der Waals surface area contributed by atoms with Crippen LogP contribution in [0.1, 0.15) is 40.0 Å². The fourth-order valence-electron chi connectivity index (χ4n) is 3.52. The molecule has 1 aliphatic rings. The molecule has 23 heavy (non-hydrogen) atoms. The average Bonchev–Trinajstić information content (AvgIpc) is 2.50. The van der Waals surface area contributed by atoms with Crippen molar-refractivity contribution in [3.8, 4) is 0 Å². The van der Waals surface area contributed by atoms with Gasteiger partial charge in [-0.2, -0.15) is 0 Å². The molecule has 1 aliphatic carbocycles. The molecular weight excluding hydrogens is 296 g/mol. The van der Waals surface area contributed by atoms with Crippen molar-refractivity contribution in [3.05, 3.63) is 60.7 Å². The van der Waals surface area contributed by atoms with Gasteiger partial charge in [0.1, 0.15) is 0 Å². The molecule has 0 N–H and O–H groups in total. The van der Waals surface area contributed by atoms with E-state index in [2.05, 4.69) is 81.4 Å². The van der Waals surface area contributed by atoms with Crippen molar-refractivity contribution < 1.29 is 4.43 Å². The van der Waals surface area contributed by atoms with Crippen molar-refractivity contribution in [1.82, 2.24) is 0 Å². The number of hydrogen-bond acceptors (Lipinski definition) is 1. The molecule has 3 rings (SSSR count). The lowest BCUT2D eigenvalue weighted by Crippen LogP contribution is -2.52. The summed E-state index contributed by atoms with van der Waals surface area (Å²) in [6.07, 6.45) is 4.37. The maximum atomic E-state index is 6.93. The van der Waals surface area contributed by atoms with Crippen LogP contribution in [-0.2, 0) is 4.43 Å². The van der Waals surface area contributed by atoms with Gasteiger partial charge in [-0.05, 0) is 34.5 Å². The summed E-state index contributed by atoms with van der Waals surface area (Å²) >= 11 is 0. The third kappa shape index (κ3) is 3.93. The van der Waals surface area contributed by atoms with Gasteiger partial charge in [-0.25, -0.2) is 0 Å². The molecule has 2 aromatic rings. The van der Waals surface area contributed by atoms with Crippen LogP contribution in [0.5, 0.6) is 0 Å². The van der Waals surface area contributed by atoms with E-state index in [0.29, 0.717) is 6.10 Å². The first-order valence-corrected chi connectivity index (χ1v) is 10.4. The summed E-state index contributed by atoms with van der Waals surface area (Å²) < 4.78 is 6.93. The Bertz CT molecular complexity index is 559. The second-order valence-electron chi connectivity index (χ2n) is 7.82. The van der Waals surface area contributed by atoms with Gasteiger partial charge in [0, 0.05) is 0 Å². The standard InChI is InChI=1S/C21H28OSi/c1-21(2,3)20(17-11-10-12-17)22-23(18-13-6-4-7-14-18)19-15-8-5-9-16-19/h4-9,13-17,20,23H,10-12H2,1-3H3. The molecule has 1 unspecified atom stereocenters. The van der Waals surface area contributed by atoms with Crippen molar-refractivity contribution in [3.63, 3.8) is 0 Å². The van der Waals surface area contributed by atoms with Crippen LogP contribution in [0.25, 0.3) is 0 Å². The Hall–Kier alpha value is -1.38. The van der Waals surface area contributed by atoms with E-state index in [1.54, 1.807) is 0 Å². The van der Waals surface area contributed by atoms with Crippen molar-refractivity contribution in [1.29, 1.82) is 0 Å². The van der Waals surface area contributed by atoms with Gasteiger partial charge in [-0.1, -0.05) is 87.9 Å². The third-order valence-corrected chi connectivity index (χ3v) is 7.47. The zero-order chi connectivity index (χ0) is 16.3. The second kappa shape index (κ2) is 7.02. The third-order valence-electron chi connectivity index (χ3n) is 4.92. The van der Waals surface area contributed by atoms with Crippen molar-refractivity contribution in [2.24, 2.45) is 11.3 Å². The first-order valence-electron chi connectivity index (χ1n) is 8.81. The van der Waals surface area contributed by atoms with Gasteiger partial charge >= 0.3 is 0 Å².